The van der Waals surface area contributed by atoms with Gasteiger partial charge in [0.25, 0.3) is 5.91 Å². The van der Waals surface area contributed by atoms with E-state index in [1.165, 1.54) is 11.3 Å². The Hall–Kier alpha value is -0.980. The topological polar surface area (TPSA) is 79.5 Å². The Morgan fingerprint density at radius 2 is 2.39 bits per heavy atom. The van der Waals surface area contributed by atoms with E-state index < -0.39 is 5.60 Å². The van der Waals surface area contributed by atoms with Crippen LogP contribution >= 0.6 is 11.3 Å². The molecule has 100 valence electrons. The van der Waals surface area contributed by atoms with E-state index in [-0.39, 0.29) is 5.91 Å². The van der Waals surface area contributed by atoms with Crippen LogP contribution in [0.15, 0.2) is 5.38 Å². The molecule has 1 aromatic rings. The molecule has 1 unspecified atom stereocenters. The van der Waals surface area contributed by atoms with Crippen LogP contribution in [-0.2, 0) is 6.54 Å². The lowest BCUT2D eigenvalue weighted by Crippen LogP contribution is -2.33. The van der Waals surface area contributed by atoms with E-state index in [2.05, 4.69) is 4.98 Å². The summed E-state index contributed by atoms with van der Waals surface area (Å²) in [6, 6.07) is 0. The zero-order valence-electron chi connectivity index (χ0n) is 10.6. The molecule has 0 radical (unpaired) electrons. The fourth-order valence-corrected chi connectivity index (χ4v) is 2.78. The number of carbonyl (C=O) groups is 1. The van der Waals surface area contributed by atoms with Crippen LogP contribution in [-0.4, -0.2) is 39.6 Å². The first-order valence-electron chi connectivity index (χ1n) is 6.18. The van der Waals surface area contributed by atoms with Crippen molar-refractivity contribution in [1.82, 2.24) is 9.88 Å². The van der Waals surface area contributed by atoms with Crippen molar-refractivity contribution < 1.29 is 9.90 Å². The highest BCUT2D eigenvalue weighted by atomic mass is 32.1. The number of nitrogens with two attached hydrogens (primary N) is 1. The van der Waals surface area contributed by atoms with Crippen molar-refractivity contribution in [1.29, 1.82) is 0 Å². The number of hydrogen-bond donors (Lipinski definition) is 2. The molecule has 18 heavy (non-hydrogen) atoms. The van der Waals surface area contributed by atoms with Gasteiger partial charge in [-0.05, 0) is 26.2 Å². The van der Waals surface area contributed by atoms with Crippen LogP contribution in [0, 0.1) is 0 Å². The van der Waals surface area contributed by atoms with Gasteiger partial charge in [-0.1, -0.05) is 0 Å². The highest BCUT2D eigenvalue weighted by Gasteiger charge is 2.28. The third-order valence-corrected chi connectivity index (χ3v) is 4.17. The summed E-state index contributed by atoms with van der Waals surface area (Å²) in [5.41, 5.74) is 5.31. The van der Waals surface area contributed by atoms with Crippen molar-refractivity contribution in [3.8, 4) is 0 Å². The number of thiazole rings is 1. The van der Waals surface area contributed by atoms with Crippen molar-refractivity contribution in [3.63, 3.8) is 0 Å². The van der Waals surface area contributed by atoms with Crippen molar-refractivity contribution in [2.24, 2.45) is 5.73 Å². The van der Waals surface area contributed by atoms with Crippen molar-refractivity contribution in [2.75, 3.05) is 13.1 Å². The number of aliphatic hydroxyl groups is 1. The average molecular weight is 269 g/mol. The number of hydrogen-bond acceptors (Lipinski definition) is 5. The number of likely N-dealkylation sites (tertiary alicyclic amines) is 1. The van der Waals surface area contributed by atoms with E-state index in [0.29, 0.717) is 31.7 Å². The molecule has 2 heterocycles. The highest BCUT2D eigenvalue weighted by molar-refractivity contribution is 7.09. The fourth-order valence-electron chi connectivity index (χ4n) is 2.13. The fraction of sp³-hybridized carbons (Fsp3) is 0.667. The summed E-state index contributed by atoms with van der Waals surface area (Å²) in [4.78, 5) is 18.2. The molecular weight excluding hydrogens is 250 g/mol. The van der Waals surface area contributed by atoms with Gasteiger partial charge in [-0.15, -0.1) is 11.3 Å². The van der Waals surface area contributed by atoms with Gasteiger partial charge in [0.15, 0.2) is 0 Å². The minimum Gasteiger partial charge on any atom is -0.390 e. The third kappa shape index (κ3) is 3.07. The Bertz CT molecular complexity index is 431. The predicted octanol–water partition coefficient (Wildman–Crippen LogP) is 0.979. The summed E-state index contributed by atoms with van der Waals surface area (Å²) in [5.74, 6) is -0.0522. The number of aromatic nitrogens is 1. The molecule has 6 heteroatoms. The van der Waals surface area contributed by atoms with Crippen LogP contribution in [0.25, 0.3) is 0 Å². The summed E-state index contributed by atoms with van der Waals surface area (Å²) >= 11 is 1.41. The SMILES string of the molecule is CC1(O)CCCN(C(=O)c2csc(CN)n2)CC1. The van der Waals surface area contributed by atoms with Crippen LogP contribution in [0.5, 0.6) is 0 Å². The maximum atomic E-state index is 12.2. The molecule has 5 nitrogen and oxygen atoms in total. The van der Waals surface area contributed by atoms with E-state index in [0.717, 1.165) is 17.8 Å². The minimum atomic E-state index is -0.653. The Kier molecular flexibility index (Phi) is 3.99. The standard InChI is InChI=1S/C12H19N3O2S/c1-12(17)3-2-5-15(6-4-12)11(16)9-8-18-10(7-13)14-9/h8,17H,2-7,13H2,1H3. The largest absolute Gasteiger partial charge is 0.390 e. The second-order valence-electron chi connectivity index (χ2n) is 4.97. The number of carbonyl (C=O) groups excluding carboxylic acids is 1. The Balaban J connectivity index is 2.05. The second kappa shape index (κ2) is 5.34. The van der Waals surface area contributed by atoms with Gasteiger partial charge in [0.1, 0.15) is 10.7 Å². The van der Waals surface area contributed by atoms with Crippen molar-refractivity contribution in [2.45, 2.75) is 38.3 Å². The maximum Gasteiger partial charge on any atom is 0.273 e. The minimum absolute atomic E-state index is 0.0522. The zero-order chi connectivity index (χ0) is 13.2. The Morgan fingerprint density at radius 3 is 3.06 bits per heavy atom. The quantitative estimate of drug-likeness (QED) is 0.838. The van der Waals surface area contributed by atoms with Gasteiger partial charge in [-0.2, -0.15) is 0 Å². The van der Waals surface area contributed by atoms with Crippen LogP contribution < -0.4 is 5.73 Å². The molecule has 0 aliphatic carbocycles. The van der Waals surface area contributed by atoms with Crippen LogP contribution in [0.3, 0.4) is 0 Å². The molecular formula is C12H19N3O2S. The lowest BCUT2D eigenvalue weighted by atomic mass is 9.98. The third-order valence-electron chi connectivity index (χ3n) is 3.30. The van der Waals surface area contributed by atoms with Gasteiger partial charge in [-0.25, -0.2) is 4.98 Å². The highest BCUT2D eigenvalue weighted by Crippen LogP contribution is 2.22. The molecule has 1 amide bonds. The smallest absolute Gasteiger partial charge is 0.273 e. The first-order valence-corrected chi connectivity index (χ1v) is 7.06. The molecule has 1 aliphatic heterocycles. The Labute approximate surface area is 111 Å². The molecule has 3 N–H and O–H groups in total. The van der Waals surface area contributed by atoms with Crippen LogP contribution in [0.1, 0.15) is 41.7 Å². The molecule has 2 rings (SSSR count). The predicted molar refractivity (Wildman–Crippen MR) is 70.4 cm³/mol. The number of amides is 1. The van der Waals surface area contributed by atoms with E-state index in [1.807, 2.05) is 6.92 Å². The zero-order valence-corrected chi connectivity index (χ0v) is 11.4. The van der Waals surface area contributed by atoms with Crippen LogP contribution in [0.2, 0.25) is 0 Å². The van der Waals surface area contributed by atoms with Gasteiger partial charge in [0.2, 0.25) is 0 Å². The molecule has 1 fully saturated rings. The van der Waals surface area contributed by atoms with E-state index in [4.69, 9.17) is 5.73 Å². The van der Waals surface area contributed by atoms with Crippen LogP contribution in [0.4, 0.5) is 0 Å². The van der Waals surface area contributed by atoms with Gasteiger partial charge >= 0.3 is 0 Å². The molecule has 1 saturated heterocycles. The lowest BCUT2D eigenvalue weighted by molar-refractivity contribution is 0.0437. The lowest BCUT2D eigenvalue weighted by Gasteiger charge is -2.22. The summed E-state index contributed by atoms with van der Waals surface area (Å²) < 4.78 is 0. The van der Waals surface area contributed by atoms with Crippen molar-refractivity contribution >= 4 is 17.2 Å². The molecule has 0 spiro atoms. The molecule has 0 bridgehead atoms. The van der Waals surface area contributed by atoms with E-state index in [1.54, 1.807) is 10.3 Å². The molecule has 0 aromatic carbocycles. The molecule has 1 atom stereocenters. The van der Waals surface area contributed by atoms with Crippen molar-refractivity contribution in [3.05, 3.63) is 16.1 Å². The maximum absolute atomic E-state index is 12.2. The van der Waals surface area contributed by atoms with Gasteiger partial charge in [0.05, 0.1) is 5.60 Å². The molecule has 1 aromatic heterocycles. The second-order valence-corrected chi connectivity index (χ2v) is 5.92. The number of rotatable bonds is 2. The van der Waals surface area contributed by atoms with E-state index >= 15 is 0 Å². The molecule has 0 saturated carbocycles. The normalized spacial score (nSPS) is 24.9. The summed E-state index contributed by atoms with van der Waals surface area (Å²) in [5, 5.41) is 12.5. The Morgan fingerprint density at radius 1 is 1.61 bits per heavy atom. The summed E-state index contributed by atoms with van der Waals surface area (Å²) in [6.45, 7) is 3.47. The number of nitrogens with zero attached hydrogens (tertiary/aromatic N) is 2. The van der Waals surface area contributed by atoms with Gasteiger partial charge in [-0.3, -0.25) is 4.79 Å². The van der Waals surface area contributed by atoms with Gasteiger partial charge < -0.3 is 15.7 Å². The van der Waals surface area contributed by atoms with Gasteiger partial charge in [0, 0.05) is 25.0 Å². The monoisotopic (exact) mass is 269 g/mol. The first-order chi connectivity index (χ1) is 8.52. The molecule has 1 aliphatic rings. The first kappa shape index (κ1) is 13.5. The van der Waals surface area contributed by atoms with E-state index in [9.17, 15) is 9.90 Å². The summed E-state index contributed by atoms with van der Waals surface area (Å²) in [7, 11) is 0. The average Bonchev–Trinajstić information content (AvgIpc) is 2.74. The summed E-state index contributed by atoms with van der Waals surface area (Å²) in [6.07, 6.45) is 2.18.